The van der Waals surface area contributed by atoms with Crippen LogP contribution < -0.4 is 4.40 Å². The Balaban J connectivity index is 3.25. The molecule has 1 rings (SSSR count). The van der Waals surface area contributed by atoms with Gasteiger partial charge >= 0.3 is 0 Å². The molecule has 0 amide bonds. The molecule has 0 fully saturated rings. The number of allylic oxidation sites excluding steroid dienone is 1. The quantitative estimate of drug-likeness (QED) is 0.292. The second kappa shape index (κ2) is 1.20. The topological polar surface area (TPSA) is 31.0 Å². The Kier molecular flexibility index (Phi) is 0.785. The van der Waals surface area contributed by atoms with Gasteiger partial charge in [0, 0.05) is 0 Å². The summed E-state index contributed by atoms with van der Waals surface area (Å²) in [4.78, 5) is 0. The molecule has 0 bridgehead atoms. The molecule has 1 unspecified atom stereocenters. The molecule has 0 saturated carbocycles. The zero-order valence-electron chi connectivity index (χ0n) is 3.68. The molecule has 2 nitrogen and oxygen atoms in total. The lowest BCUT2D eigenvalue weighted by Gasteiger charge is -1.83. The summed E-state index contributed by atoms with van der Waals surface area (Å²) >= 11 is 0. The van der Waals surface area contributed by atoms with Gasteiger partial charge in [-0.2, -0.15) is 6.08 Å². The largest absolute Gasteiger partial charge is 0.260 e. The predicted molar refractivity (Wildman–Crippen MR) is 30.4 cm³/mol. The summed E-state index contributed by atoms with van der Waals surface area (Å²) in [7, 11) is -2.09. The van der Waals surface area contributed by atoms with Gasteiger partial charge in [0.05, 0.1) is 6.21 Å². The van der Waals surface area contributed by atoms with E-state index in [1.807, 2.05) is 0 Å². The third-order valence-electron chi connectivity index (χ3n) is 0.603. The first-order valence-corrected chi connectivity index (χ1v) is 3.56. The number of rotatable bonds is 0. The molecule has 1 aliphatic rings. The van der Waals surface area contributed by atoms with Crippen LogP contribution in [0.15, 0.2) is 11.5 Å². The molecule has 1 heterocycles. The molecular weight excluding hydrogens is 110 g/mol. The highest BCUT2D eigenvalue weighted by Crippen LogP contribution is 1.77. The van der Waals surface area contributed by atoms with Crippen LogP contribution in [0, 0.1) is 0 Å². The fourth-order valence-electron chi connectivity index (χ4n) is 0.312. The van der Waals surface area contributed by atoms with Gasteiger partial charge in [0.2, 0.25) is 0 Å². The van der Waals surface area contributed by atoms with Gasteiger partial charge in [0.1, 0.15) is 9.71 Å². The molecule has 0 saturated heterocycles. The number of hydrogen-bond donors (Lipinski definition) is 1. The van der Waals surface area contributed by atoms with E-state index < -0.39 is 9.71 Å². The first-order chi connectivity index (χ1) is 3.21. The van der Waals surface area contributed by atoms with Gasteiger partial charge in [-0.25, -0.2) is 4.21 Å². The average Bonchev–Trinajstić information content (AvgIpc) is 1.84. The Bertz CT molecular complexity index is 192. The Morgan fingerprint density at radius 1 is 1.86 bits per heavy atom. The van der Waals surface area contributed by atoms with Crippen LogP contribution >= 0.6 is 0 Å². The average molecular weight is 115 g/mol. The monoisotopic (exact) mass is 115 g/mol. The molecule has 38 valence electrons. The standard InChI is InChI=1S/C4H5NOS/c1-7(6)4-2-3-5-7/h2,4-5H,1H2. The molecule has 0 aromatic rings. The summed E-state index contributed by atoms with van der Waals surface area (Å²) < 4.78 is 13.1. The minimum atomic E-state index is -2.09. The lowest BCUT2D eigenvalue weighted by Crippen LogP contribution is -2.69. The van der Waals surface area contributed by atoms with Crippen molar-refractivity contribution in [1.82, 2.24) is 0 Å². The van der Waals surface area contributed by atoms with Crippen LogP contribution in [0.1, 0.15) is 0 Å². The van der Waals surface area contributed by atoms with Crippen molar-refractivity contribution in [2.24, 2.45) is 0 Å². The van der Waals surface area contributed by atoms with E-state index in [9.17, 15) is 4.21 Å². The van der Waals surface area contributed by atoms with E-state index in [0.717, 1.165) is 0 Å². The summed E-state index contributed by atoms with van der Waals surface area (Å²) in [5, 5.41) is 1.49. The van der Waals surface area contributed by atoms with Crippen LogP contribution in [0.5, 0.6) is 0 Å². The van der Waals surface area contributed by atoms with Gasteiger partial charge < -0.3 is 0 Å². The summed E-state index contributed by atoms with van der Waals surface area (Å²) in [6.07, 6.45) is 4.11. The molecular formula is C4H5NOS. The smallest absolute Gasteiger partial charge is 0.111 e. The molecule has 1 atom stereocenters. The van der Waals surface area contributed by atoms with Crippen LogP contribution in [0.4, 0.5) is 0 Å². The van der Waals surface area contributed by atoms with Gasteiger partial charge in [0.25, 0.3) is 0 Å². The second-order valence-corrected chi connectivity index (χ2v) is 3.20. The highest BCUT2D eigenvalue weighted by Gasteiger charge is 1.91. The second-order valence-electron chi connectivity index (χ2n) is 1.28. The van der Waals surface area contributed by atoms with Crippen molar-refractivity contribution in [1.29, 1.82) is 0 Å². The Morgan fingerprint density at radius 2 is 2.57 bits per heavy atom. The fraction of sp³-hybridized carbons (Fsp3) is 0. The van der Waals surface area contributed by atoms with Crippen molar-refractivity contribution in [3.63, 3.8) is 0 Å². The minimum Gasteiger partial charge on any atom is -0.260 e. The van der Waals surface area contributed by atoms with E-state index >= 15 is 0 Å². The fourth-order valence-corrected chi connectivity index (χ4v) is 0.935. The number of nitrogens with one attached hydrogen (secondary N) is 1. The summed E-state index contributed by atoms with van der Waals surface area (Å²) in [6.45, 7) is 0. The van der Waals surface area contributed by atoms with Crippen molar-refractivity contribution in [2.75, 3.05) is 0 Å². The SMILES string of the molecule is C=S1(=O)C=C[C-]=[NH+]1. The lowest BCUT2D eigenvalue weighted by molar-refractivity contribution is -0.246. The van der Waals surface area contributed by atoms with E-state index in [-0.39, 0.29) is 0 Å². The van der Waals surface area contributed by atoms with Crippen molar-refractivity contribution in [3.8, 4) is 0 Å². The van der Waals surface area contributed by atoms with Crippen molar-refractivity contribution in [3.05, 3.63) is 11.5 Å². The summed E-state index contributed by atoms with van der Waals surface area (Å²) in [6, 6.07) is 0. The molecule has 1 N–H and O–H groups in total. The molecule has 0 radical (unpaired) electrons. The van der Waals surface area contributed by atoms with Crippen molar-refractivity contribution >= 4 is 21.8 Å². The first kappa shape index (κ1) is 4.59. The Hall–Kier alpha value is -0.570. The molecule has 0 spiro atoms. The van der Waals surface area contributed by atoms with E-state index in [4.69, 9.17) is 0 Å². The van der Waals surface area contributed by atoms with Crippen LogP contribution in [-0.2, 0) is 9.71 Å². The van der Waals surface area contributed by atoms with Crippen molar-refractivity contribution < 1.29 is 8.61 Å². The van der Waals surface area contributed by atoms with E-state index in [1.54, 1.807) is 6.08 Å². The van der Waals surface area contributed by atoms with E-state index in [1.165, 1.54) is 5.41 Å². The van der Waals surface area contributed by atoms with Crippen LogP contribution in [0.3, 0.4) is 0 Å². The summed E-state index contributed by atoms with van der Waals surface area (Å²) in [5.74, 6) is 3.34. The molecule has 7 heavy (non-hydrogen) atoms. The third kappa shape index (κ3) is 0.899. The van der Waals surface area contributed by atoms with Gasteiger partial charge in [0.15, 0.2) is 0 Å². The predicted octanol–water partition coefficient (Wildman–Crippen LogP) is -1.83. The maximum absolute atomic E-state index is 10.6. The Morgan fingerprint density at radius 3 is 2.71 bits per heavy atom. The minimum absolute atomic E-state index is 1.49. The first-order valence-electron chi connectivity index (χ1n) is 1.77. The highest BCUT2D eigenvalue weighted by atomic mass is 32.2. The maximum Gasteiger partial charge on any atom is 0.111 e. The summed E-state index contributed by atoms with van der Waals surface area (Å²) in [5.41, 5.74) is 0. The molecule has 0 aromatic carbocycles. The lowest BCUT2D eigenvalue weighted by atomic mass is 10.7. The van der Waals surface area contributed by atoms with Crippen LogP contribution in [-0.4, -0.2) is 16.3 Å². The van der Waals surface area contributed by atoms with Gasteiger partial charge in [-0.1, -0.05) is 5.41 Å². The van der Waals surface area contributed by atoms with E-state index in [0.29, 0.717) is 0 Å². The van der Waals surface area contributed by atoms with Crippen LogP contribution in [0.2, 0.25) is 0 Å². The highest BCUT2D eigenvalue weighted by molar-refractivity contribution is 7.97. The molecule has 0 aromatic heterocycles. The van der Waals surface area contributed by atoms with Gasteiger partial charge in [-0.15, -0.1) is 0 Å². The normalized spacial score (nSPS) is 37.1. The van der Waals surface area contributed by atoms with E-state index in [2.05, 4.69) is 16.5 Å². The van der Waals surface area contributed by atoms with Gasteiger partial charge in [-0.05, 0) is 5.87 Å². The van der Waals surface area contributed by atoms with Crippen LogP contribution in [0.25, 0.3) is 0 Å². The molecule has 1 aliphatic heterocycles. The zero-order valence-corrected chi connectivity index (χ0v) is 4.49. The molecule has 3 heteroatoms. The molecule has 0 aliphatic carbocycles. The zero-order chi connectivity index (χ0) is 5.33. The van der Waals surface area contributed by atoms with Crippen molar-refractivity contribution in [2.45, 2.75) is 0 Å². The maximum atomic E-state index is 10.6. The van der Waals surface area contributed by atoms with Gasteiger partial charge in [-0.3, -0.25) is 4.40 Å². The third-order valence-corrected chi connectivity index (χ3v) is 1.64. The number of hydrogen-bond acceptors (Lipinski definition) is 1. The Labute approximate surface area is 42.7 Å².